The maximum atomic E-state index is 11.8. The van der Waals surface area contributed by atoms with E-state index < -0.39 is 5.54 Å². The van der Waals surface area contributed by atoms with Gasteiger partial charge in [-0.3, -0.25) is 4.79 Å². The zero-order valence-corrected chi connectivity index (χ0v) is 12.1. The molecule has 2 N–H and O–H groups in total. The predicted octanol–water partition coefficient (Wildman–Crippen LogP) is 1.96. The molecule has 0 aliphatic rings. The highest BCUT2D eigenvalue weighted by Crippen LogP contribution is 2.18. The summed E-state index contributed by atoms with van der Waals surface area (Å²) in [6, 6.07) is 5.82. The minimum absolute atomic E-state index is 0.0422. The number of hydrogen-bond acceptors (Lipinski definition) is 3. The van der Waals surface area contributed by atoms with Crippen LogP contribution in [0.2, 0.25) is 0 Å². The fraction of sp³-hybridized carbons (Fsp3) is 0.533. The van der Waals surface area contributed by atoms with Gasteiger partial charge in [0.2, 0.25) is 0 Å². The van der Waals surface area contributed by atoms with Crippen molar-refractivity contribution in [2.75, 3.05) is 13.2 Å². The smallest absolute Gasteiger partial charge is 0.258 e. The van der Waals surface area contributed by atoms with E-state index in [1.165, 1.54) is 0 Å². The van der Waals surface area contributed by atoms with E-state index in [1.807, 2.05) is 45.9 Å². The fourth-order valence-electron chi connectivity index (χ4n) is 1.72. The molecule has 0 saturated carbocycles. The van der Waals surface area contributed by atoms with Crippen LogP contribution in [-0.2, 0) is 4.79 Å². The predicted molar refractivity (Wildman–Crippen MR) is 75.3 cm³/mol. The van der Waals surface area contributed by atoms with Crippen LogP contribution in [0.15, 0.2) is 18.2 Å². The van der Waals surface area contributed by atoms with Gasteiger partial charge < -0.3 is 15.2 Å². The Hall–Kier alpha value is -1.55. The van der Waals surface area contributed by atoms with Gasteiger partial charge >= 0.3 is 0 Å². The van der Waals surface area contributed by atoms with Crippen molar-refractivity contribution in [1.29, 1.82) is 0 Å². The van der Waals surface area contributed by atoms with Crippen molar-refractivity contribution in [2.24, 2.45) is 0 Å². The first-order chi connectivity index (χ1) is 8.90. The van der Waals surface area contributed by atoms with Crippen LogP contribution in [0.25, 0.3) is 0 Å². The van der Waals surface area contributed by atoms with Gasteiger partial charge in [-0.2, -0.15) is 0 Å². The molecule has 1 aromatic rings. The first-order valence-corrected chi connectivity index (χ1v) is 6.52. The van der Waals surface area contributed by atoms with Crippen molar-refractivity contribution in [3.63, 3.8) is 0 Å². The van der Waals surface area contributed by atoms with Crippen molar-refractivity contribution in [1.82, 2.24) is 5.32 Å². The van der Waals surface area contributed by atoms with Crippen molar-refractivity contribution in [3.8, 4) is 5.75 Å². The number of nitrogens with one attached hydrogen (secondary N) is 1. The van der Waals surface area contributed by atoms with Gasteiger partial charge in [0.1, 0.15) is 5.75 Å². The number of amides is 1. The number of benzene rings is 1. The van der Waals surface area contributed by atoms with Crippen LogP contribution in [0, 0.1) is 13.8 Å². The lowest BCUT2D eigenvalue weighted by atomic mass is 10.0. The number of hydrogen-bond donors (Lipinski definition) is 2. The highest BCUT2D eigenvalue weighted by atomic mass is 16.5. The van der Waals surface area contributed by atoms with E-state index in [9.17, 15) is 9.90 Å². The molecule has 0 spiro atoms. The van der Waals surface area contributed by atoms with Gasteiger partial charge in [0, 0.05) is 0 Å². The third kappa shape index (κ3) is 4.56. The first kappa shape index (κ1) is 15.5. The van der Waals surface area contributed by atoms with Gasteiger partial charge in [-0.15, -0.1) is 0 Å². The van der Waals surface area contributed by atoms with Crippen molar-refractivity contribution in [3.05, 3.63) is 29.3 Å². The minimum atomic E-state index is -0.581. The lowest BCUT2D eigenvalue weighted by molar-refractivity contribution is -0.125. The monoisotopic (exact) mass is 265 g/mol. The number of carbonyl (C=O) groups is 1. The summed E-state index contributed by atoms with van der Waals surface area (Å²) in [4.78, 5) is 11.8. The molecule has 1 amide bonds. The van der Waals surface area contributed by atoms with E-state index in [0.717, 1.165) is 11.1 Å². The number of aryl methyl sites for hydroxylation is 2. The summed E-state index contributed by atoms with van der Waals surface area (Å²) >= 11 is 0. The summed E-state index contributed by atoms with van der Waals surface area (Å²) in [6.45, 7) is 7.56. The SMILES string of the molecule is CCC(C)(CO)NC(=O)COc1ccc(C)cc1C. The summed E-state index contributed by atoms with van der Waals surface area (Å²) < 4.78 is 5.49. The number of carbonyl (C=O) groups excluding carboxylic acids is 1. The van der Waals surface area contributed by atoms with E-state index in [4.69, 9.17) is 4.74 Å². The number of rotatable bonds is 6. The van der Waals surface area contributed by atoms with Crippen LogP contribution in [-0.4, -0.2) is 29.8 Å². The van der Waals surface area contributed by atoms with E-state index >= 15 is 0 Å². The van der Waals surface area contributed by atoms with Crippen LogP contribution in [0.5, 0.6) is 5.75 Å². The lowest BCUT2D eigenvalue weighted by Crippen LogP contribution is -2.49. The molecule has 0 saturated heterocycles. The summed E-state index contributed by atoms with van der Waals surface area (Å²) in [7, 11) is 0. The fourth-order valence-corrected chi connectivity index (χ4v) is 1.72. The number of ether oxygens (including phenoxy) is 1. The quantitative estimate of drug-likeness (QED) is 0.826. The van der Waals surface area contributed by atoms with Gasteiger partial charge in [0.05, 0.1) is 12.1 Å². The molecule has 1 unspecified atom stereocenters. The molecule has 0 bridgehead atoms. The Kier molecular flexibility index (Phi) is 5.36. The summed E-state index contributed by atoms with van der Waals surface area (Å²) in [5, 5.41) is 12.0. The molecule has 0 heterocycles. The Bertz CT molecular complexity index is 439. The lowest BCUT2D eigenvalue weighted by Gasteiger charge is -2.27. The Morgan fingerprint density at radius 1 is 1.42 bits per heavy atom. The Balaban J connectivity index is 2.55. The third-order valence-corrected chi connectivity index (χ3v) is 3.26. The summed E-state index contributed by atoms with van der Waals surface area (Å²) in [6.07, 6.45) is 0.665. The molecule has 0 aliphatic heterocycles. The van der Waals surface area contributed by atoms with Crippen LogP contribution in [0.3, 0.4) is 0 Å². The van der Waals surface area contributed by atoms with Gasteiger partial charge in [-0.1, -0.05) is 24.6 Å². The maximum Gasteiger partial charge on any atom is 0.258 e. The topological polar surface area (TPSA) is 58.6 Å². The summed E-state index contributed by atoms with van der Waals surface area (Å²) in [5.41, 5.74) is 1.59. The highest BCUT2D eigenvalue weighted by molar-refractivity contribution is 5.78. The van der Waals surface area contributed by atoms with Crippen LogP contribution in [0.4, 0.5) is 0 Å². The molecule has 1 aromatic carbocycles. The zero-order valence-electron chi connectivity index (χ0n) is 12.1. The van der Waals surface area contributed by atoms with Crippen LogP contribution >= 0.6 is 0 Å². The average Bonchev–Trinajstić information content (AvgIpc) is 2.37. The second-order valence-corrected chi connectivity index (χ2v) is 5.18. The van der Waals surface area contributed by atoms with Gasteiger partial charge in [-0.25, -0.2) is 0 Å². The first-order valence-electron chi connectivity index (χ1n) is 6.52. The van der Waals surface area contributed by atoms with E-state index in [1.54, 1.807) is 0 Å². The van der Waals surface area contributed by atoms with Gasteiger partial charge in [0.15, 0.2) is 6.61 Å². The molecular formula is C15H23NO3. The molecular weight excluding hydrogens is 242 g/mol. The second kappa shape index (κ2) is 6.57. The molecule has 0 fully saturated rings. The molecule has 0 radical (unpaired) electrons. The standard InChI is InChI=1S/C15H23NO3/c1-5-15(4,10-17)16-14(18)9-19-13-7-6-11(2)8-12(13)3/h6-8,17H,5,9-10H2,1-4H3,(H,16,18). The maximum absolute atomic E-state index is 11.8. The average molecular weight is 265 g/mol. The normalized spacial score (nSPS) is 13.7. The Morgan fingerprint density at radius 3 is 2.63 bits per heavy atom. The number of aliphatic hydroxyl groups excluding tert-OH is 1. The molecule has 0 aromatic heterocycles. The van der Waals surface area contributed by atoms with Crippen LogP contribution in [0.1, 0.15) is 31.4 Å². The van der Waals surface area contributed by atoms with Gasteiger partial charge in [0.25, 0.3) is 5.91 Å². The molecule has 4 nitrogen and oxygen atoms in total. The number of aliphatic hydroxyl groups is 1. The zero-order chi connectivity index (χ0) is 14.5. The Morgan fingerprint density at radius 2 is 2.11 bits per heavy atom. The van der Waals surface area contributed by atoms with Gasteiger partial charge in [-0.05, 0) is 38.8 Å². The van der Waals surface area contributed by atoms with E-state index in [0.29, 0.717) is 12.2 Å². The van der Waals surface area contributed by atoms with E-state index in [2.05, 4.69) is 5.32 Å². The largest absolute Gasteiger partial charge is 0.484 e. The molecule has 1 atom stereocenters. The van der Waals surface area contributed by atoms with E-state index in [-0.39, 0.29) is 19.1 Å². The van der Waals surface area contributed by atoms with Crippen molar-refractivity contribution < 1.29 is 14.6 Å². The van der Waals surface area contributed by atoms with Crippen molar-refractivity contribution >= 4 is 5.91 Å². The molecule has 4 heteroatoms. The highest BCUT2D eigenvalue weighted by Gasteiger charge is 2.23. The minimum Gasteiger partial charge on any atom is -0.484 e. The Labute approximate surface area is 114 Å². The van der Waals surface area contributed by atoms with Crippen molar-refractivity contribution in [2.45, 2.75) is 39.7 Å². The van der Waals surface area contributed by atoms with Crippen LogP contribution < -0.4 is 10.1 Å². The summed E-state index contributed by atoms with van der Waals surface area (Å²) in [5.74, 6) is 0.487. The molecule has 106 valence electrons. The molecule has 1 rings (SSSR count). The molecule has 19 heavy (non-hydrogen) atoms. The third-order valence-electron chi connectivity index (χ3n) is 3.26. The second-order valence-electron chi connectivity index (χ2n) is 5.18. The molecule has 0 aliphatic carbocycles.